The number of nitrogens with one attached hydrogen (secondary N) is 1. The van der Waals surface area contributed by atoms with Gasteiger partial charge in [0.2, 0.25) is 0 Å². The fourth-order valence-electron chi connectivity index (χ4n) is 3.18. The molecule has 112 valence electrons. The maximum Gasteiger partial charge on any atom is 0.323 e. The number of hydrogen-bond donors (Lipinski definition) is 2. The van der Waals surface area contributed by atoms with Crippen LogP contribution in [-0.4, -0.2) is 47.2 Å². The highest BCUT2D eigenvalue weighted by Gasteiger charge is 2.46. The number of hydrogen-bond acceptors (Lipinski definition) is 3. The quantitative estimate of drug-likeness (QED) is 0.676. The second-order valence-corrected chi connectivity index (χ2v) is 5.75. The molecule has 2 atom stereocenters. The first kappa shape index (κ1) is 16.4. The van der Waals surface area contributed by atoms with Gasteiger partial charge in [0.1, 0.15) is 5.54 Å². The maximum atomic E-state index is 11.6. The highest BCUT2D eigenvalue weighted by Crippen LogP contribution is 2.33. The normalized spacial score (nSPS) is 27.1. The molecule has 0 aromatic rings. The van der Waals surface area contributed by atoms with Gasteiger partial charge < -0.3 is 15.3 Å². The Morgan fingerprint density at radius 1 is 1.26 bits per heavy atom. The summed E-state index contributed by atoms with van der Waals surface area (Å²) in [6.07, 6.45) is 5.77. The number of rotatable bonds is 9. The van der Waals surface area contributed by atoms with Crippen LogP contribution in [0.3, 0.4) is 0 Å². The molecule has 1 aliphatic rings. The Hall–Kier alpha value is -0.610. The monoisotopic (exact) mass is 270 g/mol. The summed E-state index contributed by atoms with van der Waals surface area (Å²) in [6.45, 7) is 9.43. The minimum absolute atomic E-state index is 0.431. The van der Waals surface area contributed by atoms with Crippen LogP contribution >= 0.6 is 0 Å². The highest BCUT2D eigenvalue weighted by molar-refractivity contribution is 5.79. The van der Waals surface area contributed by atoms with Gasteiger partial charge in [-0.1, -0.05) is 20.8 Å². The van der Waals surface area contributed by atoms with Crippen molar-refractivity contribution in [2.75, 3.05) is 19.6 Å². The van der Waals surface area contributed by atoms with Crippen LogP contribution in [0.15, 0.2) is 0 Å². The molecule has 0 bridgehead atoms. The molecule has 2 N–H and O–H groups in total. The Kier molecular flexibility index (Phi) is 6.80. The third kappa shape index (κ3) is 4.18. The van der Waals surface area contributed by atoms with E-state index in [1.807, 2.05) is 0 Å². The Balaban J connectivity index is 2.68. The van der Waals surface area contributed by atoms with E-state index in [4.69, 9.17) is 0 Å². The summed E-state index contributed by atoms with van der Waals surface area (Å²) in [4.78, 5) is 14.1. The van der Waals surface area contributed by atoms with E-state index in [1.165, 1.54) is 0 Å². The van der Waals surface area contributed by atoms with E-state index in [1.54, 1.807) is 0 Å². The SMILES string of the molecule is CCCNC1(C(=O)O)CCC(N(CCC)CCC)C1. The Morgan fingerprint density at radius 2 is 1.89 bits per heavy atom. The molecule has 0 aliphatic heterocycles. The second-order valence-electron chi connectivity index (χ2n) is 5.75. The lowest BCUT2D eigenvalue weighted by atomic mass is 9.97. The molecule has 1 saturated carbocycles. The van der Waals surface area contributed by atoms with Crippen molar-refractivity contribution in [3.05, 3.63) is 0 Å². The molecule has 1 fully saturated rings. The molecule has 1 aliphatic carbocycles. The van der Waals surface area contributed by atoms with Crippen LogP contribution in [0.4, 0.5) is 0 Å². The van der Waals surface area contributed by atoms with Crippen molar-refractivity contribution in [2.45, 2.75) is 70.9 Å². The number of carboxylic acid groups (broad SMARTS) is 1. The van der Waals surface area contributed by atoms with Crippen molar-refractivity contribution in [1.29, 1.82) is 0 Å². The molecule has 4 nitrogen and oxygen atoms in total. The van der Waals surface area contributed by atoms with E-state index in [2.05, 4.69) is 31.0 Å². The molecule has 0 heterocycles. The van der Waals surface area contributed by atoms with Gasteiger partial charge in [-0.3, -0.25) is 4.79 Å². The average molecular weight is 270 g/mol. The van der Waals surface area contributed by atoms with Crippen molar-refractivity contribution in [2.24, 2.45) is 0 Å². The molecule has 0 radical (unpaired) electrons. The molecule has 0 saturated heterocycles. The predicted molar refractivity (Wildman–Crippen MR) is 78.5 cm³/mol. The molecule has 19 heavy (non-hydrogen) atoms. The first-order valence-electron chi connectivity index (χ1n) is 7.82. The largest absolute Gasteiger partial charge is 0.480 e. The molecule has 0 amide bonds. The minimum Gasteiger partial charge on any atom is -0.480 e. The highest BCUT2D eigenvalue weighted by atomic mass is 16.4. The third-order valence-electron chi connectivity index (χ3n) is 4.15. The van der Waals surface area contributed by atoms with Gasteiger partial charge in [0.15, 0.2) is 0 Å². The smallest absolute Gasteiger partial charge is 0.323 e. The summed E-state index contributed by atoms with van der Waals surface area (Å²) < 4.78 is 0. The van der Waals surface area contributed by atoms with Crippen LogP contribution in [-0.2, 0) is 4.79 Å². The third-order valence-corrected chi connectivity index (χ3v) is 4.15. The summed E-state index contributed by atoms with van der Waals surface area (Å²) in [7, 11) is 0. The Labute approximate surface area is 117 Å². The lowest BCUT2D eigenvalue weighted by molar-refractivity contribution is -0.144. The van der Waals surface area contributed by atoms with E-state index >= 15 is 0 Å². The number of carbonyl (C=O) groups is 1. The molecular weight excluding hydrogens is 240 g/mol. The Morgan fingerprint density at radius 3 is 2.37 bits per heavy atom. The van der Waals surface area contributed by atoms with Crippen LogP contribution in [0.2, 0.25) is 0 Å². The van der Waals surface area contributed by atoms with Gasteiger partial charge in [0.05, 0.1) is 0 Å². The van der Waals surface area contributed by atoms with Gasteiger partial charge in [-0.15, -0.1) is 0 Å². The number of nitrogens with zero attached hydrogens (tertiary/aromatic N) is 1. The van der Waals surface area contributed by atoms with Gasteiger partial charge in [-0.25, -0.2) is 0 Å². The molecule has 1 rings (SSSR count). The minimum atomic E-state index is -0.680. The second kappa shape index (κ2) is 7.85. The summed E-state index contributed by atoms with van der Waals surface area (Å²) in [6, 6.07) is 0.431. The van der Waals surface area contributed by atoms with Crippen LogP contribution < -0.4 is 5.32 Å². The topological polar surface area (TPSA) is 52.6 Å². The lowest BCUT2D eigenvalue weighted by Gasteiger charge is -2.31. The number of aliphatic carboxylic acids is 1. The summed E-state index contributed by atoms with van der Waals surface area (Å²) >= 11 is 0. The standard InChI is InChI=1S/C15H30N2O2/c1-4-9-16-15(14(18)19)8-7-13(12-15)17(10-5-2)11-6-3/h13,16H,4-12H2,1-3H3,(H,18,19). The van der Waals surface area contributed by atoms with Crippen molar-refractivity contribution in [3.63, 3.8) is 0 Å². The zero-order valence-electron chi connectivity index (χ0n) is 12.7. The Bertz CT molecular complexity index is 277. The van der Waals surface area contributed by atoms with Crippen LogP contribution in [0.25, 0.3) is 0 Å². The van der Waals surface area contributed by atoms with E-state index in [9.17, 15) is 9.90 Å². The zero-order chi connectivity index (χ0) is 14.3. The van der Waals surface area contributed by atoms with E-state index in [0.717, 1.165) is 58.2 Å². The van der Waals surface area contributed by atoms with Gasteiger partial charge >= 0.3 is 5.97 Å². The molecule has 0 aromatic heterocycles. The van der Waals surface area contributed by atoms with Crippen molar-refractivity contribution in [3.8, 4) is 0 Å². The van der Waals surface area contributed by atoms with Gasteiger partial charge in [0.25, 0.3) is 0 Å². The summed E-state index contributed by atoms with van der Waals surface area (Å²) in [5.74, 6) is -0.670. The molecular formula is C15H30N2O2. The summed E-state index contributed by atoms with van der Waals surface area (Å²) in [5, 5.41) is 12.9. The summed E-state index contributed by atoms with van der Waals surface area (Å²) in [5.41, 5.74) is -0.680. The predicted octanol–water partition coefficient (Wildman–Crippen LogP) is 2.48. The first-order valence-corrected chi connectivity index (χ1v) is 7.82. The molecule has 0 aromatic carbocycles. The lowest BCUT2D eigenvalue weighted by Crippen LogP contribution is -2.51. The maximum absolute atomic E-state index is 11.6. The fraction of sp³-hybridized carbons (Fsp3) is 0.933. The molecule has 4 heteroatoms. The zero-order valence-corrected chi connectivity index (χ0v) is 12.7. The van der Waals surface area contributed by atoms with Gasteiger partial charge in [-0.05, 0) is 58.2 Å². The fourth-order valence-corrected chi connectivity index (χ4v) is 3.18. The van der Waals surface area contributed by atoms with E-state index in [0.29, 0.717) is 6.04 Å². The van der Waals surface area contributed by atoms with Crippen LogP contribution in [0.5, 0.6) is 0 Å². The number of carboxylic acids is 1. The molecule has 2 unspecified atom stereocenters. The van der Waals surface area contributed by atoms with Crippen molar-refractivity contribution in [1.82, 2.24) is 10.2 Å². The van der Waals surface area contributed by atoms with Crippen LogP contribution in [0, 0.1) is 0 Å². The van der Waals surface area contributed by atoms with E-state index < -0.39 is 11.5 Å². The van der Waals surface area contributed by atoms with Gasteiger partial charge in [-0.2, -0.15) is 0 Å². The van der Waals surface area contributed by atoms with Crippen LogP contribution in [0.1, 0.15) is 59.3 Å². The van der Waals surface area contributed by atoms with Gasteiger partial charge in [0, 0.05) is 6.04 Å². The van der Waals surface area contributed by atoms with E-state index in [-0.39, 0.29) is 0 Å². The first-order chi connectivity index (χ1) is 9.09. The average Bonchev–Trinajstić information content (AvgIpc) is 2.82. The molecule has 0 spiro atoms. The van der Waals surface area contributed by atoms with Crippen molar-refractivity contribution >= 4 is 5.97 Å². The van der Waals surface area contributed by atoms with Crippen molar-refractivity contribution < 1.29 is 9.90 Å².